The number of fused-ring (bicyclic) bond motifs is 3. The van der Waals surface area contributed by atoms with Gasteiger partial charge < -0.3 is 20.9 Å². The molecule has 146 valence electrons. The summed E-state index contributed by atoms with van der Waals surface area (Å²) < 4.78 is 0. The van der Waals surface area contributed by atoms with Crippen LogP contribution >= 0.6 is 0 Å². The lowest BCUT2D eigenvalue weighted by molar-refractivity contribution is -0.117. The first-order valence-corrected chi connectivity index (χ1v) is 9.93. The van der Waals surface area contributed by atoms with E-state index in [9.17, 15) is 4.79 Å². The summed E-state index contributed by atoms with van der Waals surface area (Å²) in [7, 11) is 0. The topological polar surface area (TPSA) is 90.6 Å². The van der Waals surface area contributed by atoms with Crippen LogP contribution in [0.2, 0.25) is 0 Å². The fourth-order valence-electron chi connectivity index (χ4n) is 4.39. The van der Waals surface area contributed by atoms with Gasteiger partial charge in [-0.3, -0.25) is 9.69 Å². The summed E-state index contributed by atoms with van der Waals surface area (Å²) in [6.07, 6.45) is 5.63. The second kappa shape index (κ2) is 6.94. The van der Waals surface area contributed by atoms with Crippen molar-refractivity contribution < 1.29 is 4.79 Å². The minimum atomic E-state index is -0.0409. The molecule has 0 bridgehead atoms. The number of carbonyl (C=O) groups excluding carboxylic acids is 1. The number of aromatic nitrogens is 2. The predicted molar refractivity (Wildman–Crippen MR) is 109 cm³/mol. The van der Waals surface area contributed by atoms with Crippen LogP contribution in [0.5, 0.6) is 0 Å². The number of rotatable bonds is 3. The summed E-state index contributed by atoms with van der Waals surface area (Å²) in [6.45, 7) is 5.54. The Bertz CT molecular complexity index is 877. The summed E-state index contributed by atoms with van der Waals surface area (Å²) in [5, 5.41) is 3.05. The monoisotopic (exact) mass is 379 g/mol. The molecule has 8 heteroatoms. The SMILES string of the molecule is Nc1ccc(N2CCN(Cc3cnc4c(c3)NC(=O)[C@@H]3CCCN43)CC2)nc1. The summed E-state index contributed by atoms with van der Waals surface area (Å²) in [5.74, 6) is 2.01. The molecule has 0 radical (unpaired) electrons. The zero-order valence-electron chi connectivity index (χ0n) is 15.8. The van der Waals surface area contributed by atoms with Crippen molar-refractivity contribution in [2.24, 2.45) is 0 Å². The summed E-state index contributed by atoms with van der Waals surface area (Å²) in [6, 6.07) is 5.92. The van der Waals surface area contributed by atoms with Gasteiger partial charge in [-0.15, -0.1) is 0 Å². The van der Waals surface area contributed by atoms with E-state index < -0.39 is 0 Å². The van der Waals surface area contributed by atoms with Crippen molar-refractivity contribution in [2.45, 2.75) is 25.4 Å². The highest BCUT2D eigenvalue weighted by molar-refractivity contribution is 6.03. The van der Waals surface area contributed by atoms with Gasteiger partial charge >= 0.3 is 0 Å². The second-order valence-corrected chi connectivity index (χ2v) is 7.77. The maximum Gasteiger partial charge on any atom is 0.247 e. The number of amides is 1. The minimum Gasteiger partial charge on any atom is -0.397 e. The van der Waals surface area contributed by atoms with Crippen LogP contribution in [-0.4, -0.2) is 59.5 Å². The van der Waals surface area contributed by atoms with Crippen LogP contribution in [0, 0.1) is 0 Å². The molecule has 0 unspecified atom stereocenters. The zero-order chi connectivity index (χ0) is 19.1. The number of hydrogen-bond donors (Lipinski definition) is 2. The third-order valence-electron chi connectivity index (χ3n) is 5.88. The van der Waals surface area contributed by atoms with E-state index in [1.54, 1.807) is 6.20 Å². The molecule has 8 nitrogen and oxygen atoms in total. The normalized spacial score (nSPS) is 22.0. The van der Waals surface area contributed by atoms with Crippen LogP contribution in [0.4, 0.5) is 23.0 Å². The van der Waals surface area contributed by atoms with Gasteiger partial charge in [-0.25, -0.2) is 9.97 Å². The van der Waals surface area contributed by atoms with E-state index in [-0.39, 0.29) is 11.9 Å². The molecule has 0 saturated carbocycles. The number of pyridine rings is 2. The largest absolute Gasteiger partial charge is 0.397 e. The number of nitrogens with two attached hydrogens (primary N) is 1. The molecule has 28 heavy (non-hydrogen) atoms. The first-order chi connectivity index (χ1) is 13.7. The quantitative estimate of drug-likeness (QED) is 0.831. The Morgan fingerprint density at radius 1 is 1.11 bits per heavy atom. The van der Waals surface area contributed by atoms with Crippen molar-refractivity contribution >= 4 is 28.9 Å². The molecule has 2 saturated heterocycles. The Kier molecular flexibility index (Phi) is 4.27. The molecule has 0 aliphatic carbocycles. The van der Waals surface area contributed by atoms with Crippen LogP contribution in [0.15, 0.2) is 30.6 Å². The average Bonchev–Trinajstić information content (AvgIpc) is 3.20. The van der Waals surface area contributed by atoms with E-state index >= 15 is 0 Å². The van der Waals surface area contributed by atoms with Crippen LogP contribution < -0.4 is 20.9 Å². The fraction of sp³-hybridized carbons (Fsp3) is 0.450. The van der Waals surface area contributed by atoms with E-state index in [1.165, 1.54) is 0 Å². The molecule has 1 atom stereocenters. The van der Waals surface area contributed by atoms with E-state index in [1.807, 2.05) is 18.3 Å². The number of hydrogen-bond acceptors (Lipinski definition) is 7. The third-order valence-corrected chi connectivity index (χ3v) is 5.88. The molecule has 1 amide bonds. The Labute approximate surface area is 164 Å². The lowest BCUT2D eigenvalue weighted by Gasteiger charge is -2.36. The van der Waals surface area contributed by atoms with Gasteiger partial charge in [0.25, 0.3) is 0 Å². The maximum atomic E-state index is 12.3. The molecule has 2 aromatic heterocycles. The maximum absolute atomic E-state index is 12.3. The molecule has 5 heterocycles. The first-order valence-electron chi connectivity index (χ1n) is 9.93. The molecular formula is C20H25N7O. The highest BCUT2D eigenvalue weighted by atomic mass is 16.2. The van der Waals surface area contributed by atoms with Crippen molar-refractivity contribution in [3.63, 3.8) is 0 Å². The average molecular weight is 379 g/mol. The van der Waals surface area contributed by atoms with E-state index in [0.717, 1.165) is 75.0 Å². The molecule has 5 rings (SSSR count). The molecule has 2 aromatic rings. The van der Waals surface area contributed by atoms with Crippen molar-refractivity contribution in [2.75, 3.05) is 53.6 Å². The molecule has 3 aliphatic heterocycles. The van der Waals surface area contributed by atoms with Gasteiger partial charge in [0.1, 0.15) is 11.9 Å². The van der Waals surface area contributed by atoms with Crippen molar-refractivity contribution in [1.82, 2.24) is 14.9 Å². The van der Waals surface area contributed by atoms with Crippen LogP contribution in [0.25, 0.3) is 0 Å². The predicted octanol–water partition coefficient (Wildman–Crippen LogP) is 1.30. The van der Waals surface area contributed by atoms with Gasteiger partial charge in [-0.1, -0.05) is 0 Å². The van der Waals surface area contributed by atoms with Gasteiger partial charge in [0.05, 0.1) is 17.6 Å². The van der Waals surface area contributed by atoms with Crippen molar-refractivity contribution in [3.8, 4) is 0 Å². The van der Waals surface area contributed by atoms with Gasteiger partial charge in [0, 0.05) is 45.5 Å². The van der Waals surface area contributed by atoms with Gasteiger partial charge in [0.15, 0.2) is 5.82 Å². The van der Waals surface area contributed by atoms with E-state index in [4.69, 9.17) is 5.73 Å². The molecule has 0 spiro atoms. The number of carbonyl (C=O) groups is 1. The third kappa shape index (κ3) is 3.13. The zero-order valence-corrected chi connectivity index (χ0v) is 15.8. The Balaban J connectivity index is 1.23. The minimum absolute atomic E-state index is 0.0409. The number of nitrogens with one attached hydrogen (secondary N) is 1. The Morgan fingerprint density at radius 2 is 1.96 bits per heavy atom. The highest BCUT2D eigenvalue weighted by Gasteiger charge is 2.37. The highest BCUT2D eigenvalue weighted by Crippen LogP contribution is 2.35. The van der Waals surface area contributed by atoms with Crippen LogP contribution in [0.3, 0.4) is 0 Å². The van der Waals surface area contributed by atoms with Crippen LogP contribution in [0.1, 0.15) is 18.4 Å². The number of nitrogens with zero attached hydrogens (tertiary/aromatic N) is 5. The van der Waals surface area contributed by atoms with Gasteiger partial charge in [-0.2, -0.15) is 0 Å². The standard InChI is InChI=1S/C20H25N7O/c21-15-3-4-18(22-12-15)26-8-6-25(7-9-26)13-14-10-16-19(23-11-14)27-5-1-2-17(27)20(28)24-16/h3-4,10-12,17H,1-2,5-9,13,21H2,(H,24,28)/t17-/m0/s1. The molecule has 0 aromatic carbocycles. The van der Waals surface area contributed by atoms with Gasteiger partial charge in [-0.05, 0) is 36.6 Å². The summed E-state index contributed by atoms with van der Waals surface area (Å²) >= 11 is 0. The van der Waals surface area contributed by atoms with Crippen molar-refractivity contribution in [1.29, 1.82) is 0 Å². The van der Waals surface area contributed by atoms with E-state index in [2.05, 4.69) is 36.1 Å². The number of nitrogen functional groups attached to an aromatic ring is 1. The number of piperazine rings is 1. The fourth-order valence-corrected chi connectivity index (χ4v) is 4.39. The van der Waals surface area contributed by atoms with Gasteiger partial charge in [0.2, 0.25) is 5.91 Å². The smallest absolute Gasteiger partial charge is 0.247 e. The summed E-state index contributed by atoms with van der Waals surface area (Å²) in [4.78, 5) is 28.3. The molecule has 3 N–H and O–H groups in total. The first kappa shape index (κ1) is 17.2. The van der Waals surface area contributed by atoms with Crippen LogP contribution in [-0.2, 0) is 11.3 Å². The Hall–Kier alpha value is -2.87. The lowest BCUT2D eigenvalue weighted by Crippen LogP contribution is -2.46. The van der Waals surface area contributed by atoms with E-state index in [0.29, 0.717) is 5.69 Å². The lowest BCUT2D eigenvalue weighted by atomic mass is 10.1. The summed E-state index contributed by atoms with van der Waals surface area (Å²) in [5.41, 5.74) is 8.40. The molecule has 3 aliphatic rings. The Morgan fingerprint density at radius 3 is 2.75 bits per heavy atom. The molecule has 2 fully saturated rings. The van der Waals surface area contributed by atoms with Crippen molar-refractivity contribution in [3.05, 3.63) is 36.2 Å². The second-order valence-electron chi connectivity index (χ2n) is 7.77. The molecular weight excluding hydrogens is 354 g/mol. The number of anilines is 4.